The highest BCUT2D eigenvalue weighted by molar-refractivity contribution is 6.11. The molecule has 3 aromatic rings. The normalized spacial score (nSPS) is 24.2. The number of anilines is 1. The van der Waals surface area contributed by atoms with E-state index in [1.807, 2.05) is 0 Å². The summed E-state index contributed by atoms with van der Waals surface area (Å²) in [6.45, 7) is -1.31. The minimum atomic E-state index is -4.49. The molecule has 0 saturated heterocycles. The van der Waals surface area contributed by atoms with Gasteiger partial charge in [0, 0.05) is 30.8 Å². The number of hydrogen-bond donors (Lipinski definition) is 2. The number of aliphatic hydroxyl groups excluding tert-OH is 2. The Bertz CT molecular complexity index is 1250. The third kappa shape index (κ3) is 3.59. The molecule has 1 saturated carbocycles. The van der Waals surface area contributed by atoms with Crippen LogP contribution in [0.25, 0.3) is 11.3 Å². The van der Waals surface area contributed by atoms with Crippen molar-refractivity contribution in [3.63, 3.8) is 0 Å². The van der Waals surface area contributed by atoms with E-state index in [0.29, 0.717) is 27.4 Å². The topological polar surface area (TPSA) is 114 Å². The fraction of sp³-hybridized carbons (Fsp3) is 0.364. The quantitative estimate of drug-likeness (QED) is 0.595. The first-order valence-corrected chi connectivity index (χ1v) is 10.4. The van der Waals surface area contributed by atoms with E-state index < -0.39 is 36.4 Å². The number of alkyl halides is 3. The second-order valence-corrected chi connectivity index (χ2v) is 8.43. The lowest BCUT2D eigenvalue weighted by Crippen LogP contribution is -2.43. The monoisotopic (exact) mass is 475 g/mol. The minimum Gasteiger partial charge on any atom is -0.495 e. The molecule has 5 rings (SSSR count). The lowest BCUT2D eigenvalue weighted by molar-refractivity contribution is -0.142. The highest BCUT2D eigenvalue weighted by Crippen LogP contribution is 2.51. The number of hydrogen-bond acceptors (Lipinski definition) is 7. The van der Waals surface area contributed by atoms with Crippen LogP contribution in [0.1, 0.15) is 28.9 Å². The number of nitrogens with zero attached hydrogens (tertiary/aromatic N) is 5. The van der Waals surface area contributed by atoms with Crippen LogP contribution >= 0.6 is 0 Å². The summed E-state index contributed by atoms with van der Waals surface area (Å²) in [4.78, 5) is 23.6. The molecule has 34 heavy (non-hydrogen) atoms. The number of carbonyl (C=O) groups is 1. The van der Waals surface area contributed by atoms with Crippen LogP contribution in [0.4, 0.5) is 18.9 Å². The first-order valence-electron chi connectivity index (χ1n) is 10.4. The van der Waals surface area contributed by atoms with E-state index in [-0.39, 0.29) is 24.1 Å². The van der Waals surface area contributed by atoms with Crippen LogP contribution < -0.4 is 9.64 Å². The zero-order valence-corrected chi connectivity index (χ0v) is 17.9. The molecular weight excluding hydrogens is 455 g/mol. The van der Waals surface area contributed by atoms with Gasteiger partial charge in [-0.15, -0.1) is 0 Å². The molecule has 2 N–H and O–H groups in total. The number of methoxy groups -OCH3 is 1. The van der Waals surface area contributed by atoms with Gasteiger partial charge >= 0.3 is 6.18 Å². The summed E-state index contributed by atoms with van der Waals surface area (Å²) in [5.74, 6) is 0.0154. The van der Waals surface area contributed by atoms with Crippen molar-refractivity contribution in [3.05, 3.63) is 54.2 Å². The van der Waals surface area contributed by atoms with Crippen LogP contribution in [0.15, 0.2) is 43.0 Å². The second kappa shape index (κ2) is 7.77. The van der Waals surface area contributed by atoms with Crippen LogP contribution in [0, 0.1) is 0 Å². The van der Waals surface area contributed by atoms with Gasteiger partial charge in [-0.3, -0.25) is 19.4 Å². The summed E-state index contributed by atoms with van der Waals surface area (Å²) in [6.07, 6.45) is -1.44. The molecule has 9 nitrogen and oxygen atoms in total. The largest absolute Gasteiger partial charge is 0.495 e. The first kappa shape index (κ1) is 22.3. The van der Waals surface area contributed by atoms with Crippen LogP contribution in [-0.2, 0) is 12.1 Å². The third-order valence-electron chi connectivity index (χ3n) is 6.20. The molecule has 4 heterocycles. The molecule has 2 unspecified atom stereocenters. The van der Waals surface area contributed by atoms with Crippen LogP contribution in [0.3, 0.4) is 0 Å². The van der Waals surface area contributed by atoms with E-state index in [1.165, 1.54) is 24.4 Å². The lowest BCUT2D eigenvalue weighted by Gasteiger charge is -2.34. The minimum absolute atomic E-state index is 0.0375. The predicted octanol–water partition coefficient (Wildman–Crippen LogP) is 2.28. The van der Waals surface area contributed by atoms with Gasteiger partial charge in [0.15, 0.2) is 0 Å². The fourth-order valence-corrected chi connectivity index (χ4v) is 4.76. The number of fused-ring (bicyclic) bond motifs is 2. The predicted molar refractivity (Wildman–Crippen MR) is 112 cm³/mol. The van der Waals surface area contributed by atoms with Gasteiger partial charge in [0.05, 0.1) is 59.9 Å². The smallest absolute Gasteiger partial charge is 0.408 e. The van der Waals surface area contributed by atoms with Gasteiger partial charge in [-0.2, -0.15) is 18.3 Å². The Kier molecular flexibility index (Phi) is 5.10. The summed E-state index contributed by atoms with van der Waals surface area (Å²) in [5, 5.41) is 24.6. The highest BCUT2D eigenvalue weighted by atomic mass is 19.4. The molecule has 1 amide bonds. The average molecular weight is 475 g/mol. The van der Waals surface area contributed by atoms with Crippen molar-refractivity contribution in [2.75, 3.05) is 12.0 Å². The molecule has 178 valence electrons. The van der Waals surface area contributed by atoms with E-state index >= 15 is 0 Å². The van der Waals surface area contributed by atoms with Gasteiger partial charge in [-0.25, -0.2) is 4.98 Å². The van der Waals surface area contributed by atoms with Crippen molar-refractivity contribution in [1.82, 2.24) is 19.7 Å². The molecule has 3 aromatic heterocycles. The molecule has 1 aliphatic carbocycles. The summed E-state index contributed by atoms with van der Waals surface area (Å²) in [6, 6.07) is 4.94. The summed E-state index contributed by atoms with van der Waals surface area (Å²) >= 11 is 0. The summed E-state index contributed by atoms with van der Waals surface area (Å²) in [7, 11) is 1.50. The fourth-order valence-electron chi connectivity index (χ4n) is 4.76. The third-order valence-corrected chi connectivity index (χ3v) is 6.20. The zero-order chi connectivity index (χ0) is 24.3. The Labute approximate surface area is 191 Å². The number of halogens is 3. The van der Waals surface area contributed by atoms with E-state index in [0.717, 1.165) is 6.20 Å². The van der Waals surface area contributed by atoms with Crippen molar-refractivity contribution >= 4 is 11.6 Å². The number of amides is 1. The van der Waals surface area contributed by atoms with Gasteiger partial charge in [-0.05, 0) is 18.2 Å². The van der Waals surface area contributed by atoms with E-state index in [2.05, 4.69) is 10.1 Å². The maximum Gasteiger partial charge on any atom is 0.408 e. The van der Waals surface area contributed by atoms with E-state index in [1.54, 1.807) is 24.4 Å². The molecular formula is C22H20F3N5O4. The van der Waals surface area contributed by atoms with Gasteiger partial charge in [0.2, 0.25) is 0 Å². The van der Waals surface area contributed by atoms with E-state index in [9.17, 15) is 28.2 Å². The highest BCUT2D eigenvalue weighted by Gasteiger charge is 2.58. The Balaban J connectivity index is 1.62. The van der Waals surface area contributed by atoms with E-state index in [4.69, 9.17) is 9.72 Å². The standard InChI is InChI=1S/C22H20F3N5O4/c1-34-14-4-12(7-26-9-14)16-3-2-15-19(28-16)21(5-17(31)18(32)6-21)30(20(15)33)13-8-27-29(10-13)11-22(23,24)25/h2-4,7-10,17-18,31-32H,5-6,11H2,1H3. The van der Waals surface area contributed by atoms with Gasteiger partial charge in [0.1, 0.15) is 12.3 Å². The second-order valence-electron chi connectivity index (χ2n) is 8.43. The van der Waals surface area contributed by atoms with Crippen LogP contribution in [-0.4, -0.2) is 61.4 Å². The van der Waals surface area contributed by atoms with Crippen molar-refractivity contribution in [2.24, 2.45) is 0 Å². The van der Waals surface area contributed by atoms with Crippen LogP contribution in [0.5, 0.6) is 5.75 Å². The van der Waals surface area contributed by atoms with Gasteiger partial charge in [-0.1, -0.05) is 0 Å². The van der Waals surface area contributed by atoms with Gasteiger partial charge in [0.25, 0.3) is 5.91 Å². The number of pyridine rings is 2. The average Bonchev–Trinajstić information content (AvgIpc) is 3.42. The van der Waals surface area contributed by atoms with Crippen molar-refractivity contribution in [3.8, 4) is 17.0 Å². The molecule has 0 aromatic carbocycles. The first-order chi connectivity index (χ1) is 16.1. The molecule has 0 radical (unpaired) electrons. The summed E-state index contributed by atoms with van der Waals surface area (Å²) in [5.41, 5.74) is 0.558. The number of carbonyl (C=O) groups excluding carboxylic acids is 1. The molecule has 1 fully saturated rings. The Morgan fingerprint density at radius 1 is 1.18 bits per heavy atom. The maximum atomic E-state index is 13.4. The molecule has 12 heteroatoms. The van der Waals surface area contributed by atoms with Crippen molar-refractivity contribution < 1.29 is 32.9 Å². The van der Waals surface area contributed by atoms with Crippen molar-refractivity contribution in [2.45, 2.75) is 43.3 Å². The molecule has 2 aliphatic rings. The number of aromatic nitrogens is 4. The molecule has 1 aliphatic heterocycles. The molecule has 0 bridgehead atoms. The molecule has 2 atom stereocenters. The number of aliphatic hydroxyl groups is 2. The maximum absolute atomic E-state index is 13.4. The zero-order valence-electron chi connectivity index (χ0n) is 17.9. The Morgan fingerprint density at radius 2 is 1.91 bits per heavy atom. The summed E-state index contributed by atoms with van der Waals surface area (Å²) < 4.78 is 44.4. The number of rotatable bonds is 4. The molecule has 1 spiro atoms. The Hall–Kier alpha value is -3.51. The van der Waals surface area contributed by atoms with Crippen molar-refractivity contribution in [1.29, 1.82) is 0 Å². The SMILES string of the molecule is COc1cncc(-c2ccc3c(n2)C2(CC(O)C(O)C2)N(c2cnn(CC(F)(F)F)c2)C3=O)c1. The van der Waals surface area contributed by atoms with Gasteiger partial charge < -0.3 is 14.9 Å². The van der Waals surface area contributed by atoms with Crippen LogP contribution in [0.2, 0.25) is 0 Å². The number of ether oxygens (including phenoxy) is 1. The Morgan fingerprint density at radius 3 is 2.59 bits per heavy atom. The lowest BCUT2D eigenvalue weighted by atomic mass is 9.91.